The Hall–Kier alpha value is -1.79. The van der Waals surface area contributed by atoms with Crippen molar-refractivity contribution in [3.05, 3.63) is 0 Å². The maximum absolute atomic E-state index is 11.9. The summed E-state index contributed by atoms with van der Waals surface area (Å²) in [5, 5.41) is 13.8. The number of likely N-dealkylation sites (tertiary alicyclic amines) is 1. The highest BCUT2D eigenvalue weighted by molar-refractivity contribution is 5.86. The fraction of sp³-hybridized carbons (Fsp3) is 0.786. The first-order valence-corrected chi connectivity index (χ1v) is 7.59. The predicted octanol–water partition coefficient (Wildman–Crippen LogP) is 0.941. The summed E-state index contributed by atoms with van der Waals surface area (Å²) in [6.07, 6.45) is 5.10. The zero-order valence-electron chi connectivity index (χ0n) is 12.6. The highest BCUT2D eigenvalue weighted by atomic mass is 16.4. The van der Waals surface area contributed by atoms with Gasteiger partial charge in [-0.1, -0.05) is 19.8 Å². The van der Waals surface area contributed by atoms with Gasteiger partial charge < -0.3 is 20.6 Å². The van der Waals surface area contributed by atoms with Gasteiger partial charge in [-0.05, 0) is 25.7 Å². The topological polar surface area (TPSA) is 98.7 Å². The highest BCUT2D eigenvalue weighted by Crippen LogP contribution is 2.08. The standard InChI is InChI=1S/C14H25N3O4/c1-2-3-7-11(13(19)20)16-14(21)15-10-12(18)17-8-5-4-6-9-17/h11H,2-10H2,1H3,(H,19,20)(H2,15,16,21). The molecule has 0 aromatic carbocycles. The Bertz CT molecular complexity index is 367. The maximum atomic E-state index is 11.9. The zero-order chi connectivity index (χ0) is 15.7. The second-order valence-corrected chi connectivity index (χ2v) is 5.30. The van der Waals surface area contributed by atoms with E-state index in [-0.39, 0.29) is 12.5 Å². The molecule has 1 atom stereocenters. The van der Waals surface area contributed by atoms with Crippen molar-refractivity contribution in [3.63, 3.8) is 0 Å². The minimum atomic E-state index is -1.05. The molecule has 1 unspecified atom stereocenters. The first kappa shape index (κ1) is 17.3. The summed E-state index contributed by atoms with van der Waals surface area (Å²) in [6, 6.07) is -1.51. The molecule has 0 bridgehead atoms. The summed E-state index contributed by atoms with van der Waals surface area (Å²) in [7, 11) is 0. The van der Waals surface area contributed by atoms with E-state index >= 15 is 0 Å². The van der Waals surface area contributed by atoms with Crippen LogP contribution in [0.3, 0.4) is 0 Å². The molecule has 0 radical (unpaired) electrons. The lowest BCUT2D eigenvalue weighted by Gasteiger charge is -2.26. The molecule has 3 amide bonds. The average Bonchev–Trinajstić information content (AvgIpc) is 2.49. The number of nitrogens with one attached hydrogen (secondary N) is 2. The number of rotatable bonds is 7. The van der Waals surface area contributed by atoms with Crippen LogP contribution in [0.5, 0.6) is 0 Å². The molecule has 0 spiro atoms. The molecular formula is C14H25N3O4. The van der Waals surface area contributed by atoms with Crippen molar-refractivity contribution in [1.29, 1.82) is 0 Å². The number of unbranched alkanes of at least 4 members (excludes halogenated alkanes) is 1. The Labute approximate surface area is 125 Å². The van der Waals surface area contributed by atoms with E-state index in [2.05, 4.69) is 10.6 Å². The number of carbonyl (C=O) groups is 3. The third kappa shape index (κ3) is 6.46. The van der Waals surface area contributed by atoms with Crippen molar-refractivity contribution in [3.8, 4) is 0 Å². The van der Waals surface area contributed by atoms with Crippen LogP contribution >= 0.6 is 0 Å². The second kappa shape index (κ2) is 9.20. The minimum absolute atomic E-state index is 0.0913. The van der Waals surface area contributed by atoms with Crippen LogP contribution in [0.15, 0.2) is 0 Å². The molecular weight excluding hydrogens is 274 g/mol. The van der Waals surface area contributed by atoms with Crippen LogP contribution in [0.25, 0.3) is 0 Å². The second-order valence-electron chi connectivity index (χ2n) is 5.30. The molecule has 3 N–H and O–H groups in total. The minimum Gasteiger partial charge on any atom is -0.480 e. The van der Waals surface area contributed by atoms with Crippen LogP contribution in [0.4, 0.5) is 4.79 Å². The predicted molar refractivity (Wildman–Crippen MR) is 77.9 cm³/mol. The third-order valence-electron chi connectivity index (χ3n) is 3.56. The zero-order valence-corrected chi connectivity index (χ0v) is 12.6. The first-order valence-electron chi connectivity index (χ1n) is 7.59. The van der Waals surface area contributed by atoms with Gasteiger partial charge in [0.2, 0.25) is 5.91 Å². The largest absolute Gasteiger partial charge is 0.480 e. The van der Waals surface area contributed by atoms with E-state index in [1.54, 1.807) is 4.90 Å². The molecule has 120 valence electrons. The molecule has 0 aromatic heterocycles. The van der Waals surface area contributed by atoms with Crippen LogP contribution < -0.4 is 10.6 Å². The van der Waals surface area contributed by atoms with Gasteiger partial charge in [-0.15, -0.1) is 0 Å². The van der Waals surface area contributed by atoms with E-state index in [0.717, 1.165) is 45.2 Å². The molecule has 0 saturated carbocycles. The van der Waals surface area contributed by atoms with Gasteiger partial charge in [0.15, 0.2) is 0 Å². The molecule has 0 aromatic rings. The number of aliphatic carboxylic acids is 1. The van der Waals surface area contributed by atoms with Crippen molar-refractivity contribution >= 4 is 17.9 Å². The molecule has 1 heterocycles. The Morgan fingerprint density at radius 2 is 1.86 bits per heavy atom. The highest BCUT2D eigenvalue weighted by Gasteiger charge is 2.20. The van der Waals surface area contributed by atoms with Gasteiger partial charge in [0.25, 0.3) is 0 Å². The molecule has 1 rings (SSSR count). The molecule has 1 aliphatic heterocycles. The summed E-state index contributed by atoms with van der Waals surface area (Å²) < 4.78 is 0. The van der Waals surface area contributed by atoms with Crippen molar-refractivity contribution in [1.82, 2.24) is 15.5 Å². The van der Waals surface area contributed by atoms with Gasteiger partial charge in [0.05, 0.1) is 6.54 Å². The fourth-order valence-corrected chi connectivity index (χ4v) is 2.29. The van der Waals surface area contributed by atoms with Gasteiger partial charge in [0, 0.05) is 13.1 Å². The summed E-state index contributed by atoms with van der Waals surface area (Å²) in [6.45, 7) is 3.33. The van der Waals surface area contributed by atoms with Crippen molar-refractivity contribution in [2.24, 2.45) is 0 Å². The Kier molecular flexibility index (Phi) is 7.56. The van der Waals surface area contributed by atoms with Gasteiger partial charge in [-0.2, -0.15) is 0 Å². The Balaban J connectivity index is 2.31. The lowest BCUT2D eigenvalue weighted by Crippen LogP contribution is -2.49. The summed E-state index contributed by atoms with van der Waals surface area (Å²) in [5.41, 5.74) is 0. The van der Waals surface area contributed by atoms with E-state index in [0.29, 0.717) is 6.42 Å². The first-order chi connectivity index (χ1) is 10.0. The summed E-state index contributed by atoms with van der Waals surface area (Å²) >= 11 is 0. The quantitative estimate of drug-likeness (QED) is 0.651. The van der Waals surface area contributed by atoms with Crippen molar-refractivity contribution < 1.29 is 19.5 Å². The van der Waals surface area contributed by atoms with E-state index in [4.69, 9.17) is 5.11 Å². The lowest BCUT2D eigenvalue weighted by atomic mass is 10.1. The lowest BCUT2D eigenvalue weighted by molar-refractivity contribution is -0.139. The third-order valence-corrected chi connectivity index (χ3v) is 3.56. The fourth-order valence-electron chi connectivity index (χ4n) is 2.29. The Morgan fingerprint density at radius 3 is 2.43 bits per heavy atom. The smallest absolute Gasteiger partial charge is 0.326 e. The van der Waals surface area contributed by atoms with E-state index in [1.807, 2.05) is 6.92 Å². The number of hydrogen-bond acceptors (Lipinski definition) is 3. The van der Waals surface area contributed by atoms with Crippen LogP contribution in [-0.4, -0.2) is 53.6 Å². The summed E-state index contributed by atoms with van der Waals surface area (Å²) in [4.78, 5) is 36.3. The van der Waals surface area contributed by atoms with Crippen molar-refractivity contribution in [2.45, 2.75) is 51.5 Å². The number of carbonyl (C=O) groups excluding carboxylic acids is 2. The van der Waals surface area contributed by atoms with Gasteiger partial charge >= 0.3 is 12.0 Å². The van der Waals surface area contributed by atoms with Crippen LogP contribution in [0.1, 0.15) is 45.4 Å². The van der Waals surface area contributed by atoms with Gasteiger partial charge in [0.1, 0.15) is 6.04 Å². The summed E-state index contributed by atoms with van der Waals surface area (Å²) in [5.74, 6) is -1.17. The molecule has 0 aliphatic carbocycles. The number of amides is 3. The normalized spacial score (nSPS) is 16.1. The Morgan fingerprint density at radius 1 is 1.19 bits per heavy atom. The number of carboxylic acids is 1. The number of piperidine rings is 1. The maximum Gasteiger partial charge on any atom is 0.326 e. The SMILES string of the molecule is CCCCC(NC(=O)NCC(=O)N1CCCCC1)C(=O)O. The van der Waals surface area contributed by atoms with E-state index < -0.39 is 18.0 Å². The number of nitrogens with zero attached hydrogens (tertiary/aromatic N) is 1. The molecule has 1 aliphatic rings. The molecule has 1 fully saturated rings. The molecule has 7 heteroatoms. The van der Waals surface area contributed by atoms with Crippen LogP contribution in [-0.2, 0) is 9.59 Å². The van der Waals surface area contributed by atoms with E-state index in [9.17, 15) is 14.4 Å². The number of carboxylic acid groups (broad SMARTS) is 1. The van der Waals surface area contributed by atoms with Crippen molar-refractivity contribution in [2.75, 3.05) is 19.6 Å². The number of urea groups is 1. The van der Waals surface area contributed by atoms with Gasteiger partial charge in [-0.25, -0.2) is 9.59 Å². The number of hydrogen-bond donors (Lipinski definition) is 3. The molecule has 7 nitrogen and oxygen atoms in total. The van der Waals surface area contributed by atoms with Crippen LogP contribution in [0.2, 0.25) is 0 Å². The van der Waals surface area contributed by atoms with Crippen LogP contribution in [0, 0.1) is 0 Å². The van der Waals surface area contributed by atoms with Gasteiger partial charge in [-0.3, -0.25) is 4.79 Å². The van der Waals surface area contributed by atoms with E-state index in [1.165, 1.54) is 0 Å². The molecule has 21 heavy (non-hydrogen) atoms. The average molecular weight is 299 g/mol. The molecule has 1 saturated heterocycles. The monoisotopic (exact) mass is 299 g/mol.